The Kier molecular flexibility index (Phi) is 6.12. The van der Waals surface area contributed by atoms with Gasteiger partial charge in [-0.15, -0.1) is 11.6 Å². The van der Waals surface area contributed by atoms with E-state index < -0.39 is 0 Å². The van der Waals surface area contributed by atoms with Crippen LogP contribution in [0.4, 0.5) is 5.69 Å². The Morgan fingerprint density at radius 2 is 1.89 bits per heavy atom. The molecule has 0 aliphatic rings. The van der Waals surface area contributed by atoms with Gasteiger partial charge in [-0.1, -0.05) is 18.5 Å². The molecule has 1 atom stereocenters. The molecule has 0 saturated heterocycles. The number of amides is 2. The minimum atomic E-state index is -0.296. The summed E-state index contributed by atoms with van der Waals surface area (Å²) in [4.78, 5) is 24.9. The molecule has 4 nitrogen and oxygen atoms in total. The Morgan fingerprint density at radius 1 is 1.32 bits per heavy atom. The highest BCUT2D eigenvalue weighted by Crippen LogP contribution is 2.13. The third-order valence-corrected chi connectivity index (χ3v) is 3.25. The Bertz CT molecular complexity index is 448. The number of nitrogens with one attached hydrogen (secondary N) is 1. The van der Waals surface area contributed by atoms with Crippen LogP contribution in [-0.2, 0) is 9.59 Å². The average molecular weight is 303 g/mol. The van der Waals surface area contributed by atoms with E-state index in [1.165, 1.54) is 4.90 Å². The molecule has 0 aliphatic carbocycles. The third kappa shape index (κ3) is 5.09. The molecule has 0 bridgehead atoms. The van der Waals surface area contributed by atoms with E-state index in [4.69, 9.17) is 23.2 Å². The highest BCUT2D eigenvalue weighted by Gasteiger charge is 2.18. The molecule has 1 unspecified atom stereocenters. The predicted molar refractivity (Wildman–Crippen MR) is 77.6 cm³/mol. The molecule has 0 spiro atoms. The van der Waals surface area contributed by atoms with Gasteiger partial charge in [0.1, 0.15) is 0 Å². The van der Waals surface area contributed by atoms with Crippen molar-refractivity contribution in [1.82, 2.24) is 4.90 Å². The van der Waals surface area contributed by atoms with Crippen LogP contribution in [0.25, 0.3) is 0 Å². The second-order valence-corrected chi connectivity index (χ2v) is 5.05. The number of halogens is 2. The highest BCUT2D eigenvalue weighted by molar-refractivity contribution is 6.30. The number of carbonyl (C=O) groups excluding carboxylic acids is 2. The van der Waals surface area contributed by atoms with Crippen LogP contribution in [0.15, 0.2) is 24.3 Å². The van der Waals surface area contributed by atoms with E-state index in [-0.39, 0.29) is 30.2 Å². The maximum Gasteiger partial charge on any atom is 0.243 e. The van der Waals surface area contributed by atoms with Crippen molar-refractivity contribution in [2.24, 2.45) is 5.92 Å². The number of likely N-dealkylation sites (N-methyl/N-ethyl adjacent to an activating group) is 1. The van der Waals surface area contributed by atoms with E-state index >= 15 is 0 Å². The summed E-state index contributed by atoms with van der Waals surface area (Å²) < 4.78 is 0. The lowest BCUT2D eigenvalue weighted by Crippen LogP contribution is -2.38. The lowest BCUT2D eigenvalue weighted by molar-refractivity contribution is -0.135. The Hall–Kier alpha value is -1.26. The summed E-state index contributed by atoms with van der Waals surface area (Å²) in [5.74, 6) is -0.474. The van der Waals surface area contributed by atoms with Gasteiger partial charge in [-0.3, -0.25) is 9.59 Å². The van der Waals surface area contributed by atoms with E-state index in [2.05, 4.69) is 5.32 Å². The van der Waals surface area contributed by atoms with Crippen LogP contribution >= 0.6 is 23.2 Å². The van der Waals surface area contributed by atoms with Crippen molar-refractivity contribution in [3.05, 3.63) is 29.3 Å². The lowest BCUT2D eigenvalue weighted by atomic mass is 10.2. The first-order valence-electron chi connectivity index (χ1n) is 5.80. The number of rotatable bonds is 5. The molecule has 0 saturated carbocycles. The van der Waals surface area contributed by atoms with Crippen molar-refractivity contribution in [3.63, 3.8) is 0 Å². The summed E-state index contributed by atoms with van der Waals surface area (Å²) in [6.07, 6.45) is 0. The van der Waals surface area contributed by atoms with Gasteiger partial charge in [0.25, 0.3) is 0 Å². The molecule has 0 heterocycles. The number of nitrogens with zero attached hydrogens (tertiary/aromatic N) is 1. The van der Waals surface area contributed by atoms with Gasteiger partial charge in [0.2, 0.25) is 11.8 Å². The van der Waals surface area contributed by atoms with Gasteiger partial charge < -0.3 is 10.2 Å². The fourth-order valence-corrected chi connectivity index (χ4v) is 1.73. The van der Waals surface area contributed by atoms with Gasteiger partial charge in [0, 0.05) is 29.6 Å². The number of carbonyl (C=O) groups is 2. The van der Waals surface area contributed by atoms with Crippen LogP contribution in [-0.4, -0.2) is 36.2 Å². The van der Waals surface area contributed by atoms with Crippen molar-refractivity contribution in [2.75, 3.05) is 24.8 Å². The maximum absolute atomic E-state index is 11.8. The minimum absolute atomic E-state index is 0.0112. The fourth-order valence-electron chi connectivity index (χ4n) is 1.47. The minimum Gasteiger partial charge on any atom is -0.336 e. The SMILES string of the molecule is CC(CCl)C(=O)N(C)CC(=O)Nc1ccc(Cl)cc1. The van der Waals surface area contributed by atoms with Crippen LogP contribution in [0.3, 0.4) is 0 Å². The molecule has 0 fully saturated rings. The summed E-state index contributed by atoms with van der Waals surface area (Å²) in [6, 6.07) is 6.76. The molecule has 0 radical (unpaired) electrons. The van der Waals surface area contributed by atoms with Gasteiger partial charge in [0.05, 0.1) is 6.54 Å². The first kappa shape index (κ1) is 15.8. The molecule has 2 amide bonds. The zero-order chi connectivity index (χ0) is 14.4. The number of hydrogen-bond donors (Lipinski definition) is 1. The zero-order valence-corrected chi connectivity index (χ0v) is 12.3. The van der Waals surface area contributed by atoms with Gasteiger partial charge in [-0.05, 0) is 24.3 Å². The van der Waals surface area contributed by atoms with Crippen LogP contribution in [0.2, 0.25) is 5.02 Å². The van der Waals surface area contributed by atoms with E-state index in [0.717, 1.165) is 0 Å². The normalized spacial score (nSPS) is 11.8. The first-order chi connectivity index (χ1) is 8.93. The summed E-state index contributed by atoms with van der Waals surface area (Å²) in [6.45, 7) is 1.71. The number of alkyl halides is 1. The third-order valence-electron chi connectivity index (χ3n) is 2.54. The number of anilines is 1. The molecular formula is C13H16Cl2N2O2. The molecule has 0 aromatic heterocycles. The standard InChI is InChI=1S/C13H16Cl2N2O2/c1-9(7-14)13(19)17(2)8-12(18)16-11-5-3-10(15)4-6-11/h3-6,9H,7-8H2,1-2H3,(H,16,18). The molecule has 1 aromatic rings. The Labute approximate surface area is 122 Å². The van der Waals surface area contributed by atoms with E-state index in [1.807, 2.05) is 0 Å². The summed E-state index contributed by atoms with van der Waals surface area (Å²) in [5.41, 5.74) is 0.639. The quantitative estimate of drug-likeness (QED) is 0.850. The largest absolute Gasteiger partial charge is 0.336 e. The lowest BCUT2D eigenvalue weighted by Gasteiger charge is -2.19. The van der Waals surface area contributed by atoms with Crippen molar-refractivity contribution < 1.29 is 9.59 Å². The number of benzene rings is 1. The molecule has 1 rings (SSSR count). The monoisotopic (exact) mass is 302 g/mol. The van der Waals surface area contributed by atoms with E-state index in [0.29, 0.717) is 10.7 Å². The molecule has 6 heteroatoms. The van der Waals surface area contributed by atoms with Gasteiger partial charge >= 0.3 is 0 Å². The molecule has 0 aliphatic heterocycles. The van der Waals surface area contributed by atoms with Crippen LogP contribution in [0.1, 0.15) is 6.92 Å². The Morgan fingerprint density at radius 3 is 2.42 bits per heavy atom. The molecular weight excluding hydrogens is 287 g/mol. The second kappa shape index (κ2) is 7.36. The van der Waals surface area contributed by atoms with Crippen molar-refractivity contribution in [3.8, 4) is 0 Å². The van der Waals surface area contributed by atoms with Crippen LogP contribution in [0.5, 0.6) is 0 Å². The predicted octanol–water partition coefficient (Wildman–Crippen LogP) is 2.61. The van der Waals surface area contributed by atoms with Gasteiger partial charge in [-0.2, -0.15) is 0 Å². The van der Waals surface area contributed by atoms with Crippen molar-refractivity contribution in [2.45, 2.75) is 6.92 Å². The van der Waals surface area contributed by atoms with Crippen LogP contribution in [0, 0.1) is 5.92 Å². The van der Waals surface area contributed by atoms with Gasteiger partial charge in [-0.25, -0.2) is 0 Å². The highest BCUT2D eigenvalue weighted by atomic mass is 35.5. The zero-order valence-electron chi connectivity index (χ0n) is 10.8. The topological polar surface area (TPSA) is 49.4 Å². The van der Waals surface area contributed by atoms with Crippen molar-refractivity contribution >= 4 is 40.7 Å². The maximum atomic E-state index is 11.8. The molecule has 104 valence electrons. The molecule has 1 aromatic carbocycles. The van der Waals surface area contributed by atoms with Crippen LogP contribution < -0.4 is 5.32 Å². The summed E-state index contributed by atoms with van der Waals surface area (Å²) in [7, 11) is 1.58. The summed E-state index contributed by atoms with van der Waals surface area (Å²) >= 11 is 11.4. The van der Waals surface area contributed by atoms with E-state index in [1.54, 1.807) is 38.2 Å². The Balaban J connectivity index is 2.51. The average Bonchev–Trinajstić information content (AvgIpc) is 2.39. The fraction of sp³-hybridized carbons (Fsp3) is 0.385. The van der Waals surface area contributed by atoms with Crippen molar-refractivity contribution in [1.29, 1.82) is 0 Å². The molecule has 1 N–H and O–H groups in total. The summed E-state index contributed by atoms with van der Waals surface area (Å²) in [5, 5.41) is 3.29. The van der Waals surface area contributed by atoms with Gasteiger partial charge in [0.15, 0.2) is 0 Å². The number of hydrogen-bond acceptors (Lipinski definition) is 2. The second-order valence-electron chi connectivity index (χ2n) is 4.30. The van der Waals surface area contributed by atoms with E-state index in [9.17, 15) is 9.59 Å². The smallest absolute Gasteiger partial charge is 0.243 e. The molecule has 19 heavy (non-hydrogen) atoms. The first-order valence-corrected chi connectivity index (χ1v) is 6.71.